The lowest BCUT2D eigenvalue weighted by Gasteiger charge is -2.14. The van der Waals surface area contributed by atoms with Gasteiger partial charge in [0.2, 0.25) is 0 Å². The Labute approximate surface area is 60.8 Å². The number of alkyl halides is 1. The minimum atomic E-state index is -0.206. The maximum absolute atomic E-state index is 5.30. The molecule has 9 heavy (non-hydrogen) atoms. The van der Waals surface area contributed by atoms with Crippen LogP contribution in [0.4, 0.5) is 0 Å². The summed E-state index contributed by atoms with van der Waals surface area (Å²) in [7, 11) is 0. The first-order valence-electron chi connectivity index (χ1n) is 2.82. The van der Waals surface area contributed by atoms with E-state index in [1.54, 1.807) is 0 Å². The van der Waals surface area contributed by atoms with E-state index in [-0.39, 0.29) is 5.60 Å². The van der Waals surface area contributed by atoms with Gasteiger partial charge in [0.1, 0.15) is 5.60 Å². The number of nitrogens with zero attached hydrogens (tertiary/aromatic N) is 1. The standard InChI is InChI=1S/C6H12ClNO/c1-6(2,3)9-8-5-4-7/h5H,4H2,1-3H3. The highest BCUT2D eigenvalue weighted by molar-refractivity contribution is 6.24. The Morgan fingerprint density at radius 2 is 2.11 bits per heavy atom. The molecule has 2 nitrogen and oxygen atoms in total. The van der Waals surface area contributed by atoms with Crippen LogP contribution in [0.15, 0.2) is 5.16 Å². The highest BCUT2D eigenvalue weighted by atomic mass is 35.5. The van der Waals surface area contributed by atoms with Crippen molar-refractivity contribution in [2.24, 2.45) is 5.16 Å². The highest BCUT2D eigenvalue weighted by Gasteiger charge is 2.08. The fourth-order valence-corrected chi connectivity index (χ4v) is 0.280. The molecule has 0 heterocycles. The van der Waals surface area contributed by atoms with Gasteiger partial charge in [-0.1, -0.05) is 5.16 Å². The van der Waals surface area contributed by atoms with Gasteiger partial charge in [-0.15, -0.1) is 11.6 Å². The molecule has 0 aromatic carbocycles. The normalized spacial score (nSPS) is 12.4. The predicted molar refractivity (Wildman–Crippen MR) is 40.1 cm³/mol. The van der Waals surface area contributed by atoms with Gasteiger partial charge in [0, 0.05) is 0 Å². The van der Waals surface area contributed by atoms with Crippen molar-refractivity contribution in [2.75, 3.05) is 5.88 Å². The van der Waals surface area contributed by atoms with Crippen LogP contribution in [0.5, 0.6) is 0 Å². The van der Waals surface area contributed by atoms with Gasteiger partial charge < -0.3 is 4.84 Å². The van der Waals surface area contributed by atoms with Crippen molar-refractivity contribution in [3.8, 4) is 0 Å². The van der Waals surface area contributed by atoms with Gasteiger partial charge in [0.25, 0.3) is 0 Å². The third kappa shape index (κ3) is 7.76. The third-order valence-corrected chi connectivity index (χ3v) is 0.608. The fourth-order valence-electron chi connectivity index (χ4n) is 0.224. The average molecular weight is 150 g/mol. The summed E-state index contributed by atoms with van der Waals surface area (Å²) in [4.78, 5) is 4.95. The second-order valence-corrected chi connectivity index (χ2v) is 2.95. The van der Waals surface area contributed by atoms with Crippen LogP contribution in [0.1, 0.15) is 20.8 Å². The van der Waals surface area contributed by atoms with Crippen molar-refractivity contribution in [3.05, 3.63) is 0 Å². The smallest absolute Gasteiger partial charge is 0.129 e. The monoisotopic (exact) mass is 149 g/mol. The van der Waals surface area contributed by atoms with E-state index in [9.17, 15) is 0 Å². The summed E-state index contributed by atoms with van der Waals surface area (Å²) in [6.07, 6.45) is 1.52. The van der Waals surface area contributed by atoms with E-state index >= 15 is 0 Å². The number of hydrogen-bond acceptors (Lipinski definition) is 2. The summed E-state index contributed by atoms with van der Waals surface area (Å²) in [6, 6.07) is 0. The van der Waals surface area contributed by atoms with Crippen molar-refractivity contribution in [2.45, 2.75) is 26.4 Å². The SMILES string of the molecule is CC(C)(C)ON=CCCl. The Morgan fingerprint density at radius 1 is 1.56 bits per heavy atom. The summed E-state index contributed by atoms with van der Waals surface area (Å²) in [5.74, 6) is 0.399. The van der Waals surface area contributed by atoms with Crippen LogP contribution in [-0.2, 0) is 4.84 Å². The lowest BCUT2D eigenvalue weighted by molar-refractivity contribution is 0.00184. The van der Waals surface area contributed by atoms with Gasteiger partial charge in [-0.3, -0.25) is 0 Å². The second kappa shape index (κ2) is 3.72. The molecule has 0 amide bonds. The fraction of sp³-hybridized carbons (Fsp3) is 0.833. The minimum absolute atomic E-state index is 0.206. The molecule has 0 spiro atoms. The summed E-state index contributed by atoms with van der Waals surface area (Å²) < 4.78 is 0. The first kappa shape index (κ1) is 8.76. The average Bonchev–Trinajstić information content (AvgIpc) is 1.63. The molecular formula is C6H12ClNO. The van der Waals surface area contributed by atoms with Gasteiger partial charge >= 0.3 is 0 Å². The van der Waals surface area contributed by atoms with Crippen LogP contribution in [-0.4, -0.2) is 17.7 Å². The molecule has 0 bridgehead atoms. The van der Waals surface area contributed by atoms with Crippen LogP contribution in [0, 0.1) is 0 Å². The third-order valence-electron chi connectivity index (χ3n) is 0.470. The van der Waals surface area contributed by atoms with Gasteiger partial charge in [-0.25, -0.2) is 0 Å². The predicted octanol–water partition coefficient (Wildman–Crippen LogP) is 2.03. The van der Waals surface area contributed by atoms with E-state index < -0.39 is 0 Å². The molecule has 0 aromatic rings. The molecule has 0 aliphatic heterocycles. The maximum atomic E-state index is 5.30. The lowest BCUT2D eigenvalue weighted by atomic mass is 10.2. The molecule has 0 N–H and O–H groups in total. The molecule has 0 rings (SSSR count). The van der Waals surface area contributed by atoms with Crippen LogP contribution in [0.2, 0.25) is 0 Å². The Bertz CT molecular complexity index is 95.7. The molecule has 3 heteroatoms. The Morgan fingerprint density at radius 3 is 2.44 bits per heavy atom. The Balaban J connectivity index is 3.38. The number of halogens is 1. The van der Waals surface area contributed by atoms with Gasteiger partial charge in [-0.05, 0) is 20.8 Å². The molecule has 54 valence electrons. The van der Waals surface area contributed by atoms with E-state index in [1.807, 2.05) is 20.8 Å². The zero-order chi connectivity index (χ0) is 7.33. The van der Waals surface area contributed by atoms with Gasteiger partial charge in [0.15, 0.2) is 0 Å². The Kier molecular flexibility index (Phi) is 3.62. The summed E-state index contributed by atoms with van der Waals surface area (Å²) in [5.41, 5.74) is -0.206. The molecule has 0 radical (unpaired) electrons. The molecular weight excluding hydrogens is 138 g/mol. The van der Waals surface area contributed by atoms with E-state index in [1.165, 1.54) is 6.21 Å². The van der Waals surface area contributed by atoms with Crippen molar-refractivity contribution in [1.29, 1.82) is 0 Å². The van der Waals surface area contributed by atoms with Crippen molar-refractivity contribution in [3.63, 3.8) is 0 Å². The molecule has 0 fully saturated rings. The van der Waals surface area contributed by atoms with E-state index in [2.05, 4.69) is 5.16 Å². The number of hydrogen-bond donors (Lipinski definition) is 0. The summed E-state index contributed by atoms with van der Waals surface area (Å²) in [6.45, 7) is 5.79. The van der Waals surface area contributed by atoms with Crippen LogP contribution < -0.4 is 0 Å². The van der Waals surface area contributed by atoms with Crippen molar-refractivity contribution >= 4 is 17.8 Å². The first-order valence-corrected chi connectivity index (χ1v) is 3.35. The van der Waals surface area contributed by atoms with Gasteiger partial charge in [-0.2, -0.15) is 0 Å². The molecule has 0 atom stereocenters. The zero-order valence-electron chi connectivity index (χ0n) is 6.02. The van der Waals surface area contributed by atoms with Gasteiger partial charge in [0.05, 0.1) is 12.1 Å². The van der Waals surface area contributed by atoms with E-state index in [0.29, 0.717) is 5.88 Å². The second-order valence-electron chi connectivity index (χ2n) is 2.65. The lowest BCUT2D eigenvalue weighted by Crippen LogP contribution is -2.15. The molecule has 0 saturated carbocycles. The van der Waals surface area contributed by atoms with Crippen molar-refractivity contribution in [1.82, 2.24) is 0 Å². The zero-order valence-corrected chi connectivity index (χ0v) is 6.77. The molecule has 0 aliphatic rings. The number of oxime groups is 1. The van der Waals surface area contributed by atoms with E-state index in [4.69, 9.17) is 16.4 Å². The highest BCUT2D eigenvalue weighted by Crippen LogP contribution is 2.05. The van der Waals surface area contributed by atoms with Crippen LogP contribution >= 0.6 is 11.6 Å². The quantitative estimate of drug-likeness (QED) is 0.335. The summed E-state index contributed by atoms with van der Waals surface area (Å²) in [5, 5.41) is 3.60. The summed E-state index contributed by atoms with van der Waals surface area (Å²) >= 11 is 5.30. The van der Waals surface area contributed by atoms with E-state index in [0.717, 1.165) is 0 Å². The maximum Gasteiger partial charge on any atom is 0.129 e. The first-order chi connectivity index (χ1) is 4.06. The Hall–Kier alpha value is -0.240. The molecule has 0 saturated heterocycles. The minimum Gasteiger partial charge on any atom is -0.390 e. The molecule has 0 aromatic heterocycles. The molecule has 0 aliphatic carbocycles. The molecule has 0 unspecified atom stereocenters. The topological polar surface area (TPSA) is 21.6 Å². The van der Waals surface area contributed by atoms with Crippen LogP contribution in [0.25, 0.3) is 0 Å². The van der Waals surface area contributed by atoms with Crippen molar-refractivity contribution < 1.29 is 4.84 Å². The number of rotatable bonds is 2. The van der Waals surface area contributed by atoms with Crippen LogP contribution in [0.3, 0.4) is 0 Å². The largest absolute Gasteiger partial charge is 0.390 e.